The highest BCUT2D eigenvalue weighted by Crippen LogP contribution is 2.36. The molecule has 0 spiro atoms. The van der Waals surface area contributed by atoms with Gasteiger partial charge in [-0.1, -0.05) is 11.6 Å². The molecule has 0 bridgehead atoms. The molecule has 0 radical (unpaired) electrons. The molecule has 0 aliphatic carbocycles. The van der Waals surface area contributed by atoms with Gasteiger partial charge in [0.1, 0.15) is 16.7 Å². The number of benzene rings is 1. The lowest BCUT2D eigenvalue weighted by molar-refractivity contribution is 0.409. The third kappa shape index (κ3) is 1.49. The van der Waals surface area contributed by atoms with E-state index in [1.807, 2.05) is 0 Å². The number of nitrogens with zero attached hydrogens (tertiary/aromatic N) is 1. The van der Waals surface area contributed by atoms with Crippen molar-refractivity contribution in [1.29, 1.82) is 0 Å². The maximum atomic E-state index is 11.7. The summed E-state index contributed by atoms with van der Waals surface area (Å²) in [5.41, 5.74) is 0.107. The summed E-state index contributed by atoms with van der Waals surface area (Å²) >= 11 is 5.97. The summed E-state index contributed by atoms with van der Waals surface area (Å²) in [6, 6.07) is 1.56. The largest absolute Gasteiger partial charge is 0.494 e. The lowest BCUT2D eigenvalue weighted by atomic mass is 10.2. The van der Waals surface area contributed by atoms with E-state index in [0.717, 1.165) is 0 Å². The maximum Gasteiger partial charge on any atom is 0.262 e. The van der Waals surface area contributed by atoms with Gasteiger partial charge in [0.25, 0.3) is 5.56 Å². The summed E-state index contributed by atoms with van der Waals surface area (Å²) in [4.78, 5) is 18.2. The molecule has 0 saturated carbocycles. The zero-order chi connectivity index (χ0) is 11.7. The van der Waals surface area contributed by atoms with E-state index in [0.29, 0.717) is 22.0 Å². The van der Waals surface area contributed by atoms with Crippen LogP contribution in [-0.4, -0.2) is 24.2 Å². The Kier molecular flexibility index (Phi) is 2.70. The Morgan fingerprint density at radius 3 is 2.75 bits per heavy atom. The molecule has 16 heavy (non-hydrogen) atoms. The molecule has 1 aromatic carbocycles. The number of hydrogen-bond acceptors (Lipinski definition) is 4. The van der Waals surface area contributed by atoms with Gasteiger partial charge in [-0.25, -0.2) is 4.98 Å². The molecule has 0 saturated heterocycles. The van der Waals surface area contributed by atoms with Crippen LogP contribution in [0, 0.1) is 0 Å². The van der Waals surface area contributed by atoms with Crippen molar-refractivity contribution in [3.8, 4) is 11.5 Å². The first-order valence-electron chi connectivity index (χ1n) is 4.47. The van der Waals surface area contributed by atoms with Gasteiger partial charge in [-0.2, -0.15) is 0 Å². The van der Waals surface area contributed by atoms with Gasteiger partial charge in [0, 0.05) is 6.07 Å². The predicted molar refractivity (Wildman–Crippen MR) is 60.5 cm³/mol. The highest BCUT2D eigenvalue weighted by Gasteiger charge is 2.15. The van der Waals surface area contributed by atoms with Crippen LogP contribution in [0.1, 0.15) is 0 Å². The van der Waals surface area contributed by atoms with Crippen molar-refractivity contribution in [1.82, 2.24) is 9.97 Å². The van der Waals surface area contributed by atoms with Crippen molar-refractivity contribution in [2.24, 2.45) is 0 Å². The van der Waals surface area contributed by atoms with Gasteiger partial charge in [0.15, 0.2) is 5.75 Å². The molecule has 6 heteroatoms. The second-order valence-corrected chi connectivity index (χ2v) is 3.46. The molecule has 1 heterocycles. The van der Waals surface area contributed by atoms with Gasteiger partial charge < -0.3 is 14.5 Å². The zero-order valence-corrected chi connectivity index (χ0v) is 9.46. The lowest BCUT2D eigenvalue weighted by Gasteiger charge is -2.09. The van der Waals surface area contributed by atoms with E-state index in [2.05, 4.69) is 9.97 Å². The molecule has 0 aliphatic heterocycles. The standard InChI is InChI=1S/C10H9ClN2O3/c1-15-6-3-5(11)9(16-2)7-8(6)12-4-13-10(7)14/h3-4H,1-2H3,(H,12,13,14). The van der Waals surface area contributed by atoms with Gasteiger partial charge in [-0.3, -0.25) is 4.79 Å². The third-order valence-corrected chi connectivity index (χ3v) is 2.49. The minimum atomic E-state index is -0.317. The topological polar surface area (TPSA) is 64.2 Å². The maximum absolute atomic E-state index is 11.7. The Hall–Kier alpha value is -1.75. The number of aromatic nitrogens is 2. The number of aromatic amines is 1. The van der Waals surface area contributed by atoms with Gasteiger partial charge >= 0.3 is 0 Å². The first-order chi connectivity index (χ1) is 7.69. The van der Waals surface area contributed by atoms with Gasteiger partial charge in [-0.05, 0) is 0 Å². The van der Waals surface area contributed by atoms with Crippen LogP contribution in [0.3, 0.4) is 0 Å². The zero-order valence-electron chi connectivity index (χ0n) is 8.70. The Labute approximate surface area is 96.0 Å². The van der Waals surface area contributed by atoms with E-state index in [4.69, 9.17) is 21.1 Å². The summed E-state index contributed by atoms with van der Waals surface area (Å²) in [6.45, 7) is 0. The summed E-state index contributed by atoms with van der Waals surface area (Å²) in [6.07, 6.45) is 1.31. The van der Waals surface area contributed by atoms with Crippen LogP contribution >= 0.6 is 11.6 Å². The van der Waals surface area contributed by atoms with E-state index in [9.17, 15) is 4.79 Å². The number of H-pyrrole nitrogens is 1. The molecule has 2 aromatic rings. The molecule has 0 unspecified atom stereocenters. The molecule has 0 aliphatic rings. The van der Waals surface area contributed by atoms with Crippen molar-refractivity contribution < 1.29 is 9.47 Å². The number of rotatable bonds is 2. The Morgan fingerprint density at radius 1 is 1.38 bits per heavy atom. The lowest BCUT2D eigenvalue weighted by Crippen LogP contribution is -2.08. The molecular weight excluding hydrogens is 232 g/mol. The second kappa shape index (κ2) is 4.02. The molecule has 1 N–H and O–H groups in total. The van der Waals surface area contributed by atoms with Gasteiger partial charge in [0.2, 0.25) is 0 Å². The number of ether oxygens (including phenoxy) is 2. The smallest absolute Gasteiger partial charge is 0.262 e. The van der Waals surface area contributed by atoms with Gasteiger partial charge in [-0.15, -0.1) is 0 Å². The predicted octanol–water partition coefficient (Wildman–Crippen LogP) is 1.59. The van der Waals surface area contributed by atoms with E-state index < -0.39 is 0 Å². The molecule has 0 atom stereocenters. The quantitative estimate of drug-likeness (QED) is 0.866. The summed E-state index contributed by atoms with van der Waals surface area (Å²) in [5, 5.41) is 0.597. The molecule has 84 valence electrons. The van der Waals surface area contributed by atoms with Crippen molar-refractivity contribution in [3.05, 3.63) is 27.8 Å². The minimum absolute atomic E-state index is 0.286. The van der Waals surface area contributed by atoms with Crippen molar-refractivity contribution >= 4 is 22.5 Å². The number of halogens is 1. The fourth-order valence-corrected chi connectivity index (χ4v) is 1.79. The minimum Gasteiger partial charge on any atom is -0.494 e. The third-order valence-electron chi connectivity index (χ3n) is 2.21. The van der Waals surface area contributed by atoms with Gasteiger partial charge in [0.05, 0.1) is 25.6 Å². The normalized spacial score (nSPS) is 10.4. The monoisotopic (exact) mass is 240 g/mol. The van der Waals surface area contributed by atoms with Crippen LogP contribution in [0.25, 0.3) is 10.9 Å². The molecule has 5 nitrogen and oxygen atoms in total. The highest BCUT2D eigenvalue weighted by atomic mass is 35.5. The van der Waals surface area contributed by atoms with Crippen LogP contribution in [0.2, 0.25) is 5.02 Å². The Balaban J connectivity index is 3.00. The van der Waals surface area contributed by atoms with Crippen molar-refractivity contribution in [2.75, 3.05) is 14.2 Å². The average molecular weight is 241 g/mol. The van der Waals surface area contributed by atoms with Crippen molar-refractivity contribution in [3.63, 3.8) is 0 Å². The molecule has 0 fully saturated rings. The molecular formula is C10H9ClN2O3. The molecule has 2 rings (SSSR count). The fourth-order valence-electron chi connectivity index (χ4n) is 1.52. The molecule has 0 amide bonds. The number of nitrogens with one attached hydrogen (secondary N) is 1. The van der Waals surface area contributed by atoms with E-state index in [1.54, 1.807) is 6.07 Å². The number of methoxy groups -OCH3 is 2. The van der Waals surface area contributed by atoms with Crippen molar-refractivity contribution in [2.45, 2.75) is 0 Å². The SMILES string of the molecule is COc1cc(Cl)c(OC)c2c(=O)[nH]cnc12. The molecule has 1 aromatic heterocycles. The average Bonchev–Trinajstić information content (AvgIpc) is 2.29. The number of fused-ring (bicyclic) bond motifs is 1. The highest BCUT2D eigenvalue weighted by molar-refractivity contribution is 6.33. The van der Waals surface area contributed by atoms with Crippen LogP contribution in [0.5, 0.6) is 11.5 Å². The van der Waals surface area contributed by atoms with E-state index in [-0.39, 0.29) is 10.9 Å². The van der Waals surface area contributed by atoms with Crippen LogP contribution < -0.4 is 15.0 Å². The van der Waals surface area contributed by atoms with Crippen LogP contribution in [0.15, 0.2) is 17.2 Å². The van der Waals surface area contributed by atoms with Crippen LogP contribution in [0.4, 0.5) is 0 Å². The second-order valence-electron chi connectivity index (χ2n) is 3.05. The van der Waals surface area contributed by atoms with Crippen LogP contribution in [-0.2, 0) is 0 Å². The summed E-state index contributed by atoms with van der Waals surface area (Å²) in [7, 11) is 2.93. The summed E-state index contributed by atoms with van der Waals surface area (Å²) < 4.78 is 10.2. The Morgan fingerprint density at radius 2 is 2.12 bits per heavy atom. The Bertz CT molecular complexity index is 594. The van der Waals surface area contributed by atoms with E-state index >= 15 is 0 Å². The van der Waals surface area contributed by atoms with E-state index in [1.165, 1.54) is 20.5 Å². The first-order valence-corrected chi connectivity index (χ1v) is 4.84. The summed E-state index contributed by atoms with van der Waals surface area (Å²) in [5.74, 6) is 0.735. The number of hydrogen-bond donors (Lipinski definition) is 1. The first kappa shape index (κ1) is 10.8. The fraction of sp³-hybridized carbons (Fsp3) is 0.200.